The van der Waals surface area contributed by atoms with Crippen molar-refractivity contribution in [2.75, 3.05) is 13.2 Å². The first kappa shape index (κ1) is 8.91. The highest BCUT2D eigenvalue weighted by atomic mass is 32.2. The molecule has 1 heterocycles. The van der Waals surface area contributed by atoms with Crippen LogP contribution in [0.1, 0.15) is 6.42 Å². The van der Waals surface area contributed by atoms with Crippen molar-refractivity contribution in [2.24, 2.45) is 0 Å². The summed E-state index contributed by atoms with van der Waals surface area (Å²) < 4.78 is 5.28. The standard InChI is InChI=1S/C10H12O2S/c11-8-1-3-9(4-2-8)13-10-5-6-12-7-10/h1-4,10-11H,5-7H2. The molecular formula is C10H12O2S. The molecular weight excluding hydrogens is 184 g/mol. The van der Waals surface area contributed by atoms with Gasteiger partial charge in [0.2, 0.25) is 0 Å². The van der Waals surface area contributed by atoms with Crippen LogP contribution in [-0.4, -0.2) is 23.6 Å². The van der Waals surface area contributed by atoms with Crippen molar-refractivity contribution >= 4 is 11.8 Å². The van der Waals surface area contributed by atoms with Crippen molar-refractivity contribution < 1.29 is 9.84 Å². The molecule has 1 N–H and O–H groups in total. The molecule has 0 bridgehead atoms. The van der Waals surface area contributed by atoms with E-state index < -0.39 is 0 Å². The van der Waals surface area contributed by atoms with Gasteiger partial charge in [0, 0.05) is 16.8 Å². The SMILES string of the molecule is Oc1ccc(SC2CCOC2)cc1. The molecule has 3 heteroatoms. The van der Waals surface area contributed by atoms with E-state index in [2.05, 4.69) is 0 Å². The van der Waals surface area contributed by atoms with Crippen molar-refractivity contribution in [1.29, 1.82) is 0 Å². The third-order valence-electron chi connectivity index (χ3n) is 2.03. The minimum Gasteiger partial charge on any atom is -0.508 e. The van der Waals surface area contributed by atoms with Crippen molar-refractivity contribution in [2.45, 2.75) is 16.6 Å². The van der Waals surface area contributed by atoms with Gasteiger partial charge in [0.15, 0.2) is 0 Å². The van der Waals surface area contributed by atoms with E-state index in [-0.39, 0.29) is 0 Å². The molecule has 0 radical (unpaired) electrons. The molecule has 0 aliphatic carbocycles. The average molecular weight is 196 g/mol. The van der Waals surface area contributed by atoms with Crippen LogP contribution < -0.4 is 0 Å². The fourth-order valence-corrected chi connectivity index (χ4v) is 2.38. The van der Waals surface area contributed by atoms with Gasteiger partial charge in [-0.25, -0.2) is 0 Å². The molecule has 0 saturated carbocycles. The lowest BCUT2D eigenvalue weighted by Gasteiger charge is -2.06. The number of ether oxygens (including phenoxy) is 1. The minimum absolute atomic E-state index is 0.326. The fourth-order valence-electron chi connectivity index (χ4n) is 1.32. The Hall–Kier alpha value is -0.670. The van der Waals surface area contributed by atoms with Gasteiger partial charge < -0.3 is 9.84 Å². The maximum atomic E-state index is 9.08. The van der Waals surface area contributed by atoms with Gasteiger partial charge in [0.25, 0.3) is 0 Å². The van der Waals surface area contributed by atoms with Crippen LogP contribution >= 0.6 is 11.8 Å². The van der Waals surface area contributed by atoms with Crippen LogP contribution in [-0.2, 0) is 4.74 Å². The van der Waals surface area contributed by atoms with Crippen LogP contribution in [0.2, 0.25) is 0 Å². The highest BCUT2D eigenvalue weighted by molar-refractivity contribution is 8.00. The van der Waals surface area contributed by atoms with Crippen LogP contribution in [0.25, 0.3) is 0 Å². The van der Waals surface area contributed by atoms with Crippen molar-refractivity contribution in [3.8, 4) is 5.75 Å². The smallest absolute Gasteiger partial charge is 0.115 e. The second-order valence-corrected chi connectivity index (χ2v) is 4.47. The van der Waals surface area contributed by atoms with E-state index in [9.17, 15) is 0 Å². The second kappa shape index (κ2) is 4.03. The molecule has 1 fully saturated rings. The zero-order valence-corrected chi connectivity index (χ0v) is 8.09. The van der Waals surface area contributed by atoms with Crippen LogP contribution in [0.4, 0.5) is 0 Å². The number of hydrogen-bond donors (Lipinski definition) is 1. The molecule has 2 rings (SSSR count). The summed E-state index contributed by atoms with van der Waals surface area (Å²) in [6.07, 6.45) is 1.13. The first-order valence-electron chi connectivity index (χ1n) is 4.38. The molecule has 70 valence electrons. The molecule has 0 spiro atoms. The van der Waals surface area contributed by atoms with E-state index in [1.165, 1.54) is 4.90 Å². The van der Waals surface area contributed by atoms with Crippen molar-refractivity contribution in [3.05, 3.63) is 24.3 Å². The van der Waals surface area contributed by atoms with Crippen LogP contribution in [0.3, 0.4) is 0 Å². The Bertz CT molecular complexity index is 265. The lowest BCUT2D eigenvalue weighted by atomic mass is 10.3. The predicted molar refractivity (Wildman–Crippen MR) is 53.2 cm³/mol. The molecule has 1 aromatic rings. The summed E-state index contributed by atoms with van der Waals surface area (Å²) in [5, 5.41) is 9.67. The summed E-state index contributed by atoms with van der Waals surface area (Å²) in [4.78, 5) is 1.20. The Morgan fingerprint density at radius 3 is 2.69 bits per heavy atom. The third kappa shape index (κ3) is 2.39. The Kier molecular flexibility index (Phi) is 2.76. The van der Waals surface area contributed by atoms with E-state index in [0.717, 1.165) is 19.6 Å². The zero-order chi connectivity index (χ0) is 9.10. The van der Waals surface area contributed by atoms with Gasteiger partial charge >= 0.3 is 0 Å². The Balaban J connectivity index is 1.97. The van der Waals surface area contributed by atoms with E-state index in [0.29, 0.717) is 11.0 Å². The van der Waals surface area contributed by atoms with Crippen LogP contribution in [0.5, 0.6) is 5.75 Å². The van der Waals surface area contributed by atoms with Crippen molar-refractivity contribution in [1.82, 2.24) is 0 Å². The first-order valence-corrected chi connectivity index (χ1v) is 5.26. The highest BCUT2D eigenvalue weighted by Gasteiger charge is 2.16. The number of phenols is 1. The minimum atomic E-state index is 0.326. The monoisotopic (exact) mass is 196 g/mol. The Morgan fingerprint density at radius 2 is 2.08 bits per heavy atom. The molecule has 1 saturated heterocycles. The van der Waals surface area contributed by atoms with E-state index >= 15 is 0 Å². The molecule has 13 heavy (non-hydrogen) atoms. The molecule has 0 amide bonds. The lowest BCUT2D eigenvalue weighted by Crippen LogP contribution is -1.99. The number of rotatable bonds is 2. The van der Waals surface area contributed by atoms with Crippen molar-refractivity contribution in [3.63, 3.8) is 0 Å². The van der Waals surface area contributed by atoms with E-state index in [1.807, 2.05) is 23.9 Å². The van der Waals surface area contributed by atoms with Gasteiger partial charge in [-0.2, -0.15) is 0 Å². The number of phenolic OH excluding ortho intramolecular Hbond substituents is 1. The Morgan fingerprint density at radius 1 is 1.31 bits per heavy atom. The topological polar surface area (TPSA) is 29.5 Å². The van der Waals surface area contributed by atoms with Gasteiger partial charge in [-0.1, -0.05) is 0 Å². The van der Waals surface area contributed by atoms with Crippen LogP contribution in [0, 0.1) is 0 Å². The summed E-state index contributed by atoms with van der Waals surface area (Å²) in [6, 6.07) is 7.33. The van der Waals surface area contributed by atoms with E-state index in [1.54, 1.807) is 12.1 Å². The van der Waals surface area contributed by atoms with Gasteiger partial charge in [-0.15, -0.1) is 11.8 Å². The predicted octanol–water partition coefficient (Wildman–Crippen LogP) is 2.27. The van der Waals surface area contributed by atoms with Gasteiger partial charge in [-0.3, -0.25) is 0 Å². The number of hydrogen-bond acceptors (Lipinski definition) is 3. The molecule has 1 unspecified atom stereocenters. The molecule has 1 aliphatic heterocycles. The number of aromatic hydroxyl groups is 1. The van der Waals surface area contributed by atoms with Gasteiger partial charge in [0.05, 0.1) is 6.61 Å². The highest BCUT2D eigenvalue weighted by Crippen LogP contribution is 2.29. The Labute approximate surface area is 81.9 Å². The molecule has 0 aromatic heterocycles. The first-order chi connectivity index (χ1) is 6.34. The maximum Gasteiger partial charge on any atom is 0.115 e. The summed E-state index contributed by atoms with van der Waals surface area (Å²) >= 11 is 1.82. The van der Waals surface area contributed by atoms with Gasteiger partial charge in [-0.05, 0) is 30.7 Å². The van der Waals surface area contributed by atoms with E-state index in [4.69, 9.17) is 9.84 Å². The second-order valence-electron chi connectivity index (χ2n) is 3.10. The van der Waals surface area contributed by atoms with Crippen LogP contribution in [0.15, 0.2) is 29.2 Å². The fraction of sp³-hybridized carbons (Fsp3) is 0.400. The molecule has 1 aliphatic rings. The summed E-state index contributed by atoms with van der Waals surface area (Å²) in [7, 11) is 0. The third-order valence-corrected chi connectivity index (χ3v) is 3.28. The summed E-state index contributed by atoms with van der Waals surface area (Å²) in [6.45, 7) is 1.74. The maximum absolute atomic E-state index is 9.08. The zero-order valence-electron chi connectivity index (χ0n) is 7.27. The summed E-state index contributed by atoms with van der Waals surface area (Å²) in [5.74, 6) is 0.326. The molecule has 1 atom stereocenters. The molecule has 1 aromatic carbocycles. The molecule has 2 nitrogen and oxygen atoms in total. The number of benzene rings is 1. The number of thioether (sulfide) groups is 1. The quantitative estimate of drug-likeness (QED) is 0.786. The largest absolute Gasteiger partial charge is 0.508 e. The lowest BCUT2D eigenvalue weighted by molar-refractivity contribution is 0.199. The summed E-state index contributed by atoms with van der Waals surface area (Å²) in [5.41, 5.74) is 0. The average Bonchev–Trinajstić information content (AvgIpc) is 2.62. The van der Waals surface area contributed by atoms with Gasteiger partial charge in [0.1, 0.15) is 5.75 Å². The normalized spacial score (nSPS) is 22.0.